The molecule has 0 radical (unpaired) electrons. The predicted octanol–water partition coefficient (Wildman–Crippen LogP) is 3.56. The van der Waals surface area contributed by atoms with Crippen LogP contribution >= 0.6 is 0 Å². The number of benzene rings is 2. The lowest BCUT2D eigenvalue weighted by molar-refractivity contribution is -0.149. The van der Waals surface area contributed by atoms with Crippen molar-refractivity contribution in [2.75, 3.05) is 18.5 Å². The van der Waals surface area contributed by atoms with Crippen molar-refractivity contribution in [1.82, 2.24) is 0 Å². The zero-order chi connectivity index (χ0) is 21.0. The fourth-order valence-corrected chi connectivity index (χ4v) is 2.02. The van der Waals surface area contributed by atoms with Gasteiger partial charge in [0.25, 0.3) is 5.91 Å². The minimum absolute atomic E-state index is 0.380. The van der Waals surface area contributed by atoms with Crippen molar-refractivity contribution >= 4 is 17.6 Å². The van der Waals surface area contributed by atoms with E-state index >= 15 is 0 Å². The summed E-state index contributed by atoms with van der Waals surface area (Å²) in [7, 11) is 0. The van der Waals surface area contributed by atoms with Crippen LogP contribution in [0.3, 0.4) is 0 Å². The molecule has 2 aromatic carbocycles. The summed E-state index contributed by atoms with van der Waals surface area (Å²) in [6, 6.07) is 5.07. The normalized spacial score (nSPS) is 10.5. The maximum absolute atomic E-state index is 13.5. The van der Waals surface area contributed by atoms with Crippen molar-refractivity contribution in [2.24, 2.45) is 0 Å². The second-order valence-corrected chi connectivity index (χ2v) is 5.69. The van der Waals surface area contributed by atoms with Crippen LogP contribution in [0, 0.1) is 42.9 Å². The molecule has 0 aliphatic rings. The number of hydrogen-bond donors (Lipinski definition) is 1. The van der Waals surface area contributed by atoms with Crippen molar-refractivity contribution in [2.45, 2.75) is 13.8 Å². The van der Waals surface area contributed by atoms with Crippen LogP contribution in [0.4, 0.5) is 27.6 Å². The van der Waals surface area contributed by atoms with Crippen LogP contribution in [0.1, 0.15) is 11.1 Å². The zero-order valence-corrected chi connectivity index (χ0v) is 14.7. The van der Waals surface area contributed by atoms with E-state index < -0.39 is 59.9 Å². The minimum atomic E-state index is -2.36. The molecule has 150 valence electrons. The summed E-state index contributed by atoms with van der Waals surface area (Å²) in [4.78, 5) is 23.2. The van der Waals surface area contributed by atoms with Crippen LogP contribution in [0.15, 0.2) is 18.2 Å². The maximum Gasteiger partial charge on any atom is 0.344 e. The van der Waals surface area contributed by atoms with Gasteiger partial charge in [-0.3, -0.25) is 4.79 Å². The smallest absolute Gasteiger partial charge is 0.344 e. The Balaban J connectivity index is 1.90. The molecule has 0 atom stereocenters. The summed E-state index contributed by atoms with van der Waals surface area (Å²) in [5, 5.41) is 1.48. The van der Waals surface area contributed by atoms with Gasteiger partial charge in [0.05, 0.1) is 0 Å². The van der Waals surface area contributed by atoms with E-state index in [-0.39, 0.29) is 0 Å². The summed E-state index contributed by atoms with van der Waals surface area (Å²) in [6.07, 6.45) is 0. The van der Waals surface area contributed by atoms with Gasteiger partial charge in [0.1, 0.15) is 11.4 Å². The monoisotopic (exact) mass is 403 g/mol. The molecule has 0 aromatic heterocycles. The molecule has 0 saturated heterocycles. The second kappa shape index (κ2) is 8.68. The Labute approximate surface area is 156 Å². The molecule has 10 heteroatoms. The van der Waals surface area contributed by atoms with Gasteiger partial charge in [-0.25, -0.2) is 26.7 Å². The Bertz CT molecular complexity index is 904. The third-order valence-corrected chi connectivity index (χ3v) is 3.67. The lowest BCUT2D eigenvalue weighted by atomic mass is 10.1. The van der Waals surface area contributed by atoms with Gasteiger partial charge in [0.15, 0.2) is 36.5 Å². The molecule has 28 heavy (non-hydrogen) atoms. The summed E-state index contributed by atoms with van der Waals surface area (Å²) >= 11 is 0. The average Bonchev–Trinajstić information content (AvgIpc) is 2.67. The number of anilines is 1. The Morgan fingerprint density at radius 1 is 0.857 bits per heavy atom. The molecule has 5 nitrogen and oxygen atoms in total. The number of hydrogen-bond acceptors (Lipinski definition) is 4. The number of aryl methyl sites for hydroxylation is 2. The van der Waals surface area contributed by atoms with Crippen LogP contribution in [-0.4, -0.2) is 25.1 Å². The molecule has 1 amide bonds. The average molecular weight is 403 g/mol. The van der Waals surface area contributed by atoms with Crippen LogP contribution in [0.25, 0.3) is 0 Å². The van der Waals surface area contributed by atoms with Gasteiger partial charge in [-0.1, -0.05) is 6.07 Å². The highest BCUT2D eigenvalue weighted by molar-refractivity contribution is 5.93. The van der Waals surface area contributed by atoms with E-state index in [2.05, 4.69) is 4.74 Å². The van der Waals surface area contributed by atoms with Crippen LogP contribution < -0.4 is 10.1 Å². The van der Waals surface area contributed by atoms with Gasteiger partial charge >= 0.3 is 5.97 Å². The van der Waals surface area contributed by atoms with E-state index in [4.69, 9.17) is 4.74 Å². The van der Waals surface area contributed by atoms with Crippen LogP contribution in [0.5, 0.6) is 5.75 Å². The molecule has 2 rings (SSSR count). The third-order valence-electron chi connectivity index (χ3n) is 3.67. The number of carbonyl (C=O) groups is 2. The molecule has 0 aliphatic heterocycles. The molecule has 0 heterocycles. The maximum atomic E-state index is 13.5. The molecular weight excluding hydrogens is 389 g/mol. The Morgan fingerprint density at radius 3 is 2.00 bits per heavy atom. The summed E-state index contributed by atoms with van der Waals surface area (Å²) in [5.74, 6) is -13.1. The van der Waals surface area contributed by atoms with E-state index in [1.165, 1.54) is 5.32 Å². The highest BCUT2D eigenvalue weighted by Gasteiger charge is 2.27. The largest absolute Gasteiger partial charge is 0.482 e. The first-order valence-corrected chi connectivity index (χ1v) is 7.78. The molecule has 0 bridgehead atoms. The van der Waals surface area contributed by atoms with E-state index in [0.717, 1.165) is 11.1 Å². The summed E-state index contributed by atoms with van der Waals surface area (Å²) in [5.41, 5.74) is 0.400. The molecular formula is C18H14F5NO4. The van der Waals surface area contributed by atoms with Gasteiger partial charge in [-0.05, 0) is 37.1 Å². The standard InChI is InChI=1S/C18H14F5NO4/c1-8-3-4-10(5-9(8)2)27-7-12(26)28-6-11(25)24-18-16(22)14(20)13(19)15(21)17(18)23/h3-5H,6-7H2,1-2H3,(H,24,25). The number of ether oxygens (including phenoxy) is 2. The molecule has 2 aromatic rings. The topological polar surface area (TPSA) is 64.6 Å². The first kappa shape index (κ1) is 21.1. The lowest BCUT2D eigenvalue weighted by Crippen LogP contribution is -2.25. The molecule has 0 saturated carbocycles. The predicted molar refractivity (Wildman–Crippen MR) is 87.2 cm³/mol. The highest BCUT2D eigenvalue weighted by atomic mass is 19.2. The first-order valence-electron chi connectivity index (χ1n) is 7.78. The fraction of sp³-hybridized carbons (Fsp3) is 0.222. The number of esters is 1. The van der Waals surface area contributed by atoms with Crippen molar-refractivity contribution in [1.29, 1.82) is 0 Å². The Hall–Kier alpha value is -3.17. The molecule has 1 N–H and O–H groups in total. The minimum Gasteiger partial charge on any atom is -0.482 e. The zero-order valence-electron chi connectivity index (χ0n) is 14.7. The summed E-state index contributed by atoms with van der Waals surface area (Å²) in [6.45, 7) is 2.15. The number of nitrogens with one attached hydrogen (secondary N) is 1. The fourth-order valence-electron chi connectivity index (χ4n) is 2.02. The van der Waals surface area contributed by atoms with Crippen molar-refractivity contribution in [3.05, 3.63) is 58.4 Å². The first-order chi connectivity index (χ1) is 13.1. The number of halogens is 5. The van der Waals surface area contributed by atoms with E-state index in [1.54, 1.807) is 18.2 Å². The number of carbonyl (C=O) groups excluding carboxylic acids is 2. The molecule has 0 fully saturated rings. The van der Waals surface area contributed by atoms with Crippen molar-refractivity contribution < 1.29 is 41.0 Å². The van der Waals surface area contributed by atoms with Gasteiger partial charge in [0.2, 0.25) is 5.82 Å². The molecule has 0 unspecified atom stereocenters. The Morgan fingerprint density at radius 2 is 1.43 bits per heavy atom. The lowest BCUT2D eigenvalue weighted by Gasteiger charge is -2.11. The van der Waals surface area contributed by atoms with Crippen LogP contribution in [0.2, 0.25) is 0 Å². The van der Waals surface area contributed by atoms with Crippen molar-refractivity contribution in [3.63, 3.8) is 0 Å². The van der Waals surface area contributed by atoms with Gasteiger partial charge < -0.3 is 14.8 Å². The van der Waals surface area contributed by atoms with Gasteiger partial charge in [-0.15, -0.1) is 0 Å². The quantitative estimate of drug-likeness (QED) is 0.347. The van der Waals surface area contributed by atoms with Gasteiger partial charge in [-0.2, -0.15) is 0 Å². The third kappa shape index (κ3) is 4.76. The van der Waals surface area contributed by atoms with E-state index in [1.807, 2.05) is 13.8 Å². The Kier molecular flexibility index (Phi) is 6.55. The SMILES string of the molecule is Cc1ccc(OCC(=O)OCC(=O)Nc2c(F)c(F)c(F)c(F)c2F)cc1C. The van der Waals surface area contributed by atoms with E-state index in [0.29, 0.717) is 5.75 Å². The molecule has 0 aliphatic carbocycles. The number of rotatable bonds is 6. The number of amides is 1. The van der Waals surface area contributed by atoms with Crippen molar-refractivity contribution in [3.8, 4) is 5.75 Å². The summed E-state index contributed by atoms with van der Waals surface area (Å²) < 4.78 is 75.7. The second-order valence-electron chi connectivity index (χ2n) is 5.69. The van der Waals surface area contributed by atoms with E-state index in [9.17, 15) is 31.5 Å². The molecule has 0 spiro atoms. The highest BCUT2D eigenvalue weighted by Crippen LogP contribution is 2.27. The van der Waals surface area contributed by atoms with Crippen LogP contribution in [-0.2, 0) is 14.3 Å². The van der Waals surface area contributed by atoms with Gasteiger partial charge in [0, 0.05) is 0 Å².